The molecule has 0 radical (unpaired) electrons. The Morgan fingerprint density at radius 1 is 1.43 bits per heavy atom. The molecule has 0 aromatic carbocycles. The third-order valence-electron chi connectivity index (χ3n) is 1.53. The Bertz CT molecular complexity index is 230. The van der Waals surface area contributed by atoms with Gasteiger partial charge in [0.15, 0.2) is 0 Å². The summed E-state index contributed by atoms with van der Waals surface area (Å²) in [6, 6.07) is 0. The van der Waals surface area contributed by atoms with E-state index in [1.54, 1.807) is 13.0 Å². The summed E-state index contributed by atoms with van der Waals surface area (Å²) >= 11 is 0. The van der Waals surface area contributed by atoms with Gasteiger partial charge in [0, 0.05) is 6.08 Å². The quantitative estimate of drug-likeness (QED) is 0.205. The summed E-state index contributed by atoms with van der Waals surface area (Å²) in [6.07, 6.45) is 7.03. The van der Waals surface area contributed by atoms with Crippen LogP contribution in [0.4, 0.5) is 0 Å². The van der Waals surface area contributed by atoms with Gasteiger partial charge >= 0.3 is 5.97 Å². The molecule has 78 valence electrons. The summed E-state index contributed by atoms with van der Waals surface area (Å²) in [6.45, 7) is 2.69. The molecule has 0 saturated carbocycles. The highest BCUT2D eigenvalue weighted by Gasteiger charge is 1.95. The van der Waals surface area contributed by atoms with E-state index in [1.807, 2.05) is 0 Å². The SMILES string of the molecule is C/C=C/C(=O)OCCCCCN=C=O. The zero-order valence-electron chi connectivity index (χ0n) is 8.36. The first kappa shape index (κ1) is 12.6. The van der Waals surface area contributed by atoms with Crippen LogP contribution in [0.5, 0.6) is 0 Å². The first-order valence-corrected chi connectivity index (χ1v) is 4.64. The fraction of sp³-hybridized carbons (Fsp3) is 0.600. The fourth-order valence-corrected chi connectivity index (χ4v) is 0.872. The minimum atomic E-state index is -0.307. The molecule has 0 spiro atoms. The van der Waals surface area contributed by atoms with E-state index in [2.05, 4.69) is 4.99 Å². The summed E-state index contributed by atoms with van der Waals surface area (Å²) in [7, 11) is 0. The zero-order valence-corrected chi connectivity index (χ0v) is 8.36. The maximum absolute atomic E-state index is 10.8. The maximum atomic E-state index is 10.8. The van der Waals surface area contributed by atoms with E-state index in [-0.39, 0.29) is 5.97 Å². The Morgan fingerprint density at radius 3 is 2.86 bits per heavy atom. The second-order valence-corrected chi connectivity index (χ2v) is 2.70. The lowest BCUT2D eigenvalue weighted by Gasteiger charge is -2.00. The van der Waals surface area contributed by atoms with Crippen molar-refractivity contribution >= 4 is 12.0 Å². The number of isocyanates is 1. The van der Waals surface area contributed by atoms with Gasteiger partial charge in [-0.3, -0.25) is 0 Å². The van der Waals surface area contributed by atoms with Gasteiger partial charge in [-0.2, -0.15) is 0 Å². The lowest BCUT2D eigenvalue weighted by atomic mass is 10.2. The van der Waals surface area contributed by atoms with E-state index in [0.717, 1.165) is 19.3 Å². The summed E-state index contributed by atoms with van der Waals surface area (Å²) in [5, 5.41) is 0. The predicted octanol–water partition coefficient (Wildman–Crippen LogP) is 1.61. The maximum Gasteiger partial charge on any atom is 0.330 e. The van der Waals surface area contributed by atoms with E-state index in [0.29, 0.717) is 13.2 Å². The molecule has 0 bridgehead atoms. The molecule has 0 unspecified atom stereocenters. The molecule has 0 heterocycles. The third-order valence-corrected chi connectivity index (χ3v) is 1.53. The molecular formula is C10H15NO3. The van der Waals surface area contributed by atoms with Crippen LogP contribution in [0.3, 0.4) is 0 Å². The van der Waals surface area contributed by atoms with Gasteiger partial charge in [-0.25, -0.2) is 14.6 Å². The van der Waals surface area contributed by atoms with Gasteiger partial charge < -0.3 is 4.74 Å². The average Bonchev–Trinajstić information content (AvgIpc) is 2.17. The number of carbonyl (C=O) groups is 1. The van der Waals surface area contributed by atoms with E-state index in [4.69, 9.17) is 4.74 Å². The van der Waals surface area contributed by atoms with E-state index in [1.165, 1.54) is 12.2 Å². The average molecular weight is 197 g/mol. The van der Waals surface area contributed by atoms with Crippen LogP contribution in [0.25, 0.3) is 0 Å². The zero-order chi connectivity index (χ0) is 10.6. The summed E-state index contributed by atoms with van der Waals surface area (Å²) in [5.74, 6) is -0.307. The molecule has 4 heteroatoms. The molecule has 0 aromatic rings. The molecule has 0 aliphatic heterocycles. The van der Waals surface area contributed by atoms with Crippen molar-refractivity contribution < 1.29 is 14.3 Å². The number of hydrogen-bond donors (Lipinski definition) is 0. The number of esters is 1. The van der Waals surface area contributed by atoms with Crippen molar-refractivity contribution in [2.24, 2.45) is 4.99 Å². The highest BCUT2D eigenvalue weighted by atomic mass is 16.5. The van der Waals surface area contributed by atoms with Crippen LogP contribution >= 0.6 is 0 Å². The Hall–Kier alpha value is -1.41. The van der Waals surface area contributed by atoms with Gasteiger partial charge in [-0.1, -0.05) is 6.08 Å². The number of ether oxygens (including phenoxy) is 1. The van der Waals surface area contributed by atoms with Crippen LogP contribution in [-0.4, -0.2) is 25.2 Å². The van der Waals surface area contributed by atoms with Crippen molar-refractivity contribution in [2.75, 3.05) is 13.2 Å². The molecule has 0 saturated heterocycles. The minimum Gasteiger partial charge on any atom is -0.463 e. The number of aliphatic imine (C=N–C) groups is 1. The van der Waals surface area contributed by atoms with Gasteiger partial charge in [-0.05, 0) is 26.2 Å². The van der Waals surface area contributed by atoms with Crippen LogP contribution in [0.1, 0.15) is 26.2 Å². The monoisotopic (exact) mass is 197 g/mol. The van der Waals surface area contributed by atoms with Crippen LogP contribution in [0, 0.1) is 0 Å². The number of allylic oxidation sites excluding steroid dienone is 1. The van der Waals surface area contributed by atoms with Crippen molar-refractivity contribution in [3.63, 3.8) is 0 Å². The van der Waals surface area contributed by atoms with Crippen LogP contribution in [0.2, 0.25) is 0 Å². The fourth-order valence-electron chi connectivity index (χ4n) is 0.872. The van der Waals surface area contributed by atoms with E-state index >= 15 is 0 Å². The molecule has 0 N–H and O–H groups in total. The molecule has 0 amide bonds. The number of unbranched alkanes of at least 4 members (excludes halogenated alkanes) is 2. The number of carbonyl (C=O) groups excluding carboxylic acids is 2. The third kappa shape index (κ3) is 8.68. The minimum absolute atomic E-state index is 0.307. The predicted molar refractivity (Wildman–Crippen MR) is 52.6 cm³/mol. The number of rotatable bonds is 7. The summed E-state index contributed by atoms with van der Waals surface area (Å²) < 4.78 is 4.86. The summed E-state index contributed by atoms with van der Waals surface area (Å²) in [4.78, 5) is 23.9. The van der Waals surface area contributed by atoms with Gasteiger partial charge in [-0.15, -0.1) is 0 Å². The lowest BCUT2D eigenvalue weighted by Crippen LogP contribution is -2.02. The highest BCUT2D eigenvalue weighted by molar-refractivity contribution is 5.81. The Balaban J connectivity index is 3.21. The van der Waals surface area contributed by atoms with Crippen molar-refractivity contribution in [3.05, 3.63) is 12.2 Å². The summed E-state index contributed by atoms with van der Waals surface area (Å²) in [5.41, 5.74) is 0. The van der Waals surface area contributed by atoms with Gasteiger partial charge in [0.05, 0.1) is 13.2 Å². The largest absolute Gasteiger partial charge is 0.463 e. The first-order chi connectivity index (χ1) is 6.81. The number of hydrogen-bond acceptors (Lipinski definition) is 4. The molecule has 0 aliphatic carbocycles. The van der Waals surface area contributed by atoms with Gasteiger partial charge in [0.25, 0.3) is 0 Å². The Morgan fingerprint density at radius 2 is 2.21 bits per heavy atom. The van der Waals surface area contributed by atoms with E-state index < -0.39 is 0 Å². The molecule has 0 atom stereocenters. The van der Waals surface area contributed by atoms with Crippen molar-refractivity contribution in [1.82, 2.24) is 0 Å². The van der Waals surface area contributed by atoms with E-state index in [9.17, 15) is 9.59 Å². The van der Waals surface area contributed by atoms with Crippen LogP contribution < -0.4 is 0 Å². The van der Waals surface area contributed by atoms with Crippen molar-refractivity contribution in [3.8, 4) is 0 Å². The van der Waals surface area contributed by atoms with Crippen molar-refractivity contribution in [1.29, 1.82) is 0 Å². The molecule has 4 nitrogen and oxygen atoms in total. The topological polar surface area (TPSA) is 55.7 Å². The Kier molecular flexibility index (Phi) is 8.70. The molecule has 0 aromatic heterocycles. The molecule has 0 fully saturated rings. The molecule has 0 aliphatic rings. The van der Waals surface area contributed by atoms with Crippen LogP contribution in [0.15, 0.2) is 17.1 Å². The van der Waals surface area contributed by atoms with Crippen molar-refractivity contribution in [2.45, 2.75) is 26.2 Å². The normalized spacial score (nSPS) is 9.79. The second-order valence-electron chi connectivity index (χ2n) is 2.70. The first-order valence-electron chi connectivity index (χ1n) is 4.64. The lowest BCUT2D eigenvalue weighted by molar-refractivity contribution is -0.137. The second kappa shape index (κ2) is 9.68. The van der Waals surface area contributed by atoms with Gasteiger partial charge in [0.2, 0.25) is 6.08 Å². The molecule has 0 rings (SSSR count). The standard InChI is InChI=1S/C10H15NO3/c1-2-6-10(13)14-8-5-3-4-7-11-9-12/h2,6H,3-5,7-8H2,1H3/b6-2+. The highest BCUT2D eigenvalue weighted by Crippen LogP contribution is 1.96. The Labute approximate surface area is 83.7 Å². The smallest absolute Gasteiger partial charge is 0.330 e. The van der Waals surface area contributed by atoms with Crippen LogP contribution in [-0.2, 0) is 14.3 Å². The number of nitrogens with zero attached hydrogens (tertiary/aromatic N) is 1. The molecular weight excluding hydrogens is 182 g/mol. The molecule has 14 heavy (non-hydrogen) atoms. The van der Waals surface area contributed by atoms with Gasteiger partial charge in [0.1, 0.15) is 0 Å².